The number of hydrogen-bond acceptors (Lipinski definition) is 4. The second kappa shape index (κ2) is 6.95. The van der Waals surface area contributed by atoms with Gasteiger partial charge in [-0.1, -0.05) is 0 Å². The molecule has 1 aliphatic rings. The van der Waals surface area contributed by atoms with Crippen LogP contribution in [0.5, 0.6) is 0 Å². The minimum atomic E-state index is -0.383. The smallest absolute Gasteiger partial charge is 0.229 e. The summed E-state index contributed by atoms with van der Waals surface area (Å²) in [5, 5.41) is 7.01. The van der Waals surface area contributed by atoms with Gasteiger partial charge in [-0.15, -0.1) is 0 Å². The third-order valence-electron chi connectivity index (χ3n) is 5.16. The summed E-state index contributed by atoms with van der Waals surface area (Å²) in [6.45, 7) is 4.35. The number of hydrogen-bond donors (Lipinski definition) is 1. The Morgan fingerprint density at radius 2 is 1.93 bits per heavy atom. The summed E-state index contributed by atoms with van der Waals surface area (Å²) in [6, 6.07) is 7.59. The number of aromatic nitrogens is 4. The Morgan fingerprint density at radius 1 is 1.18 bits per heavy atom. The fourth-order valence-electron chi connectivity index (χ4n) is 3.39. The molecule has 28 heavy (non-hydrogen) atoms. The van der Waals surface area contributed by atoms with Crippen molar-refractivity contribution in [2.24, 2.45) is 13.0 Å². The first-order valence-corrected chi connectivity index (χ1v) is 9.13. The summed E-state index contributed by atoms with van der Waals surface area (Å²) in [5.74, 6) is -0.595. The Kier molecular flexibility index (Phi) is 4.46. The van der Waals surface area contributed by atoms with Gasteiger partial charge in [0.2, 0.25) is 11.8 Å². The minimum Gasteiger partial charge on any atom is -0.326 e. The van der Waals surface area contributed by atoms with Gasteiger partial charge < -0.3 is 14.8 Å². The molecule has 1 saturated heterocycles. The van der Waals surface area contributed by atoms with Gasteiger partial charge in [-0.05, 0) is 38.1 Å². The predicted octanol–water partition coefficient (Wildman–Crippen LogP) is 2.21. The Hall–Kier alpha value is -3.42. The quantitative estimate of drug-likeness (QED) is 0.754. The first kappa shape index (κ1) is 18.0. The first-order chi connectivity index (χ1) is 13.4. The van der Waals surface area contributed by atoms with Crippen molar-refractivity contribution >= 4 is 23.2 Å². The summed E-state index contributed by atoms with van der Waals surface area (Å²) in [7, 11) is 1.80. The van der Waals surface area contributed by atoms with Gasteiger partial charge >= 0.3 is 0 Å². The molecule has 0 aliphatic carbocycles. The van der Waals surface area contributed by atoms with Crippen LogP contribution < -0.4 is 10.2 Å². The second-order valence-corrected chi connectivity index (χ2v) is 7.10. The lowest BCUT2D eigenvalue weighted by atomic mass is 10.1. The zero-order chi connectivity index (χ0) is 19.8. The number of nitrogens with zero attached hydrogens (tertiary/aromatic N) is 5. The zero-order valence-corrected chi connectivity index (χ0v) is 16.1. The normalized spacial score (nSPS) is 16.6. The molecule has 8 nitrogen and oxygen atoms in total. The second-order valence-electron chi connectivity index (χ2n) is 7.10. The van der Waals surface area contributed by atoms with Crippen molar-refractivity contribution in [2.75, 3.05) is 16.8 Å². The van der Waals surface area contributed by atoms with Crippen molar-refractivity contribution in [1.82, 2.24) is 19.3 Å². The van der Waals surface area contributed by atoms with Crippen molar-refractivity contribution in [3.63, 3.8) is 0 Å². The number of amides is 2. The van der Waals surface area contributed by atoms with Gasteiger partial charge in [-0.2, -0.15) is 5.10 Å². The van der Waals surface area contributed by atoms with Crippen LogP contribution in [-0.4, -0.2) is 37.7 Å². The highest BCUT2D eigenvalue weighted by Crippen LogP contribution is 2.26. The third kappa shape index (κ3) is 3.28. The van der Waals surface area contributed by atoms with Gasteiger partial charge in [0.05, 0.1) is 29.8 Å². The Bertz CT molecular complexity index is 1030. The molecule has 0 radical (unpaired) electrons. The summed E-state index contributed by atoms with van der Waals surface area (Å²) in [4.78, 5) is 30.8. The molecule has 2 amide bonds. The van der Waals surface area contributed by atoms with Crippen LogP contribution in [0.1, 0.15) is 17.8 Å². The van der Waals surface area contributed by atoms with Crippen molar-refractivity contribution < 1.29 is 9.59 Å². The molecule has 4 rings (SSSR count). The van der Waals surface area contributed by atoms with E-state index in [0.717, 1.165) is 22.8 Å². The van der Waals surface area contributed by atoms with Gasteiger partial charge in [0, 0.05) is 43.3 Å². The molecule has 2 aromatic heterocycles. The maximum Gasteiger partial charge on any atom is 0.229 e. The highest BCUT2D eigenvalue weighted by Gasteiger charge is 2.35. The van der Waals surface area contributed by atoms with Crippen LogP contribution in [0.25, 0.3) is 5.69 Å². The van der Waals surface area contributed by atoms with E-state index in [4.69, 9.17) is 0 Å². The van der Waals surface area contributed by atoms with E-state index < -0.39 is 0 Å². The lowest BCUT2D eigenvalue weighted by Gasteiger charge is -2.14. The molecule has 144 valence electrons. The molecule has 8 heteroatoms. The molecule has 3 aromatic rings. The zero-order valence-electron chi connectivity index (χ0n) is 16.1. The summed E-state index contributed by atoms with van der Waals surface area (Å²) >= 11 is 0. The molecule has 0 bridgehead atoms. The lowest BCUT2D eigenvalue weighted by Crippen LogP contribution is -2.27. The summed E-state index contributed by atoms with van der Waals surface area (Å²) < 4.78 is 3.64. The van der Waals surface area contributed by atoms with E-state index >= 15 is 0 Å². The van der Waals surface area contributed by atoms with Crippen molar-refractivity contribution in [2.45, 2.75) is 20.3 Å². The SMILES string of the molecule is Cc1ncn(-c2ccc(NC(=O)C3CC(=O)N(c4cnn(C)c4)C3)cc2)c1C. The topological polar surface area (TPSA) is 85.1 Å². The van der Waals surface area contributed by atoms with Crippen LogP contribution in [0, 0.1) is 19.8 Å². The molecular weight excluding hydrogens is 356 g/mol. The fourth-order valence-corrected chi connectivity index (χ4v) is 3.39. The number of nitrogens with one attached hydrogen (secondary N) is 1. The van der Waals surface area contributed by atoms with Crippen molar-refractivity contribution in [3.8, 4) is 5.69 Å². The van der Waals surface area contributed by atoms with Gasteiger partial charge in [-0.25, -0.2) is 4.98 Å². The van der Waals surface area contributed by atoms with Crippen LogP contribution in [0.2, 0.25) is 0 Å². The van der Waals surface area contributed by atoms with E-state index in [2.05, 4.69) is 15.4 Å². The minimum absolute atomic E-state index is 0.0607. The van der Waals surface area contributed by atoms with E-state index in [-0.39, 0.29) is 24.2 Å². The molecule has 1 fully saturated rings. The lowest BCUT2D eigenvalue weighted by molar-refractivity contribution is -0.122. The summed E-state index contributed by atoms with van der Waals surface area (Å²) in [6.07, 6.45) is 5.40. The Morgan fingerprint density at radius 3 is 2.54 bits per heavy atom. The monoisotopic (exact) mass is 378 g/mol. The number of benzene rings is 1. The molecule has 1 N–H and O–H groups in total. The molecular formula is C20H22N6O2. The Labute approximate surface area is 162 Å². The number of rotatable bonds is 4. The van der Waals surface area contributed by atoms with Crippen LogP contribution in [-0.2, 0) is 16.6 Å². The number of carbonyl (C=O) groups excluding carboxylic acids is 2. The van der Waals surface area contributed by atoms with Crippen LogP contribution in [0.15, 0.2) is 43.0 Å². The third-order valence-corrected chi connectivity index (χ3v) is 5.16. The van der Waals surface area contributed by atoms with Gasteiger partial charge in [0.15, 0.2) is 0 Å². The molecule has 0 spiro atoms. The highest BCUT2D eigenvalue weighted by molar-refractivity contribution is 6.03. The predicted molar refractivity (Wildman–Crippen MR) is 105 cm³/mol. The van der Waals surface area contributed by atoms with Crippen molar-refractivity contribution in [3.05, 3.63) is 54.4 Å². The van der Waals surface area contributed by atoms with Gasteiger partial charge in [0.1, 0.15) is 0 Å². The molecule has 1 aromatic carbocycles. The van der Waals surface area contributed by atoms with E-state index in [9.17, 15) is 9.59 Å². The van der Waals surface area contributed by atoms with Crippen molar-refractivity contribution in [1.29, 1.82) is 0 Å². The van der Waals surface area contributed by atoms with E-state index in [1.165, 1.54) is 0 Å². The van der Waals surface area contributed by atoms with Crippen LogP contribution in [0.3, 0.4) is 0 Å². The maximum atomic E-state index is 12.6. The number of imidazole rings is 1. The molecule has 1 atom stereocenters. The molecule has 0 saturated carbocycles. The first-order valence-electron chi connectivity index (χ1n) is 9.13. The van der Waals surface area contributed by atoms with E-state index in [0.29, 0.717) is 12.2 Å². The molecule has 1 aliphatic heterocycles. The van der Waals surface area contributed by atoms with E-state index in [1.54, 1.807) is 35.4 Å². The average molecular weight is 378 g/mol. The van der Waals surface area contributed by atoms with Gasteiger partial charge in [-0.3, -0.25) is 14.3 Å². The number of anilines is 2. The molecule has 1 unspecified atom stereocenters. The standard InChI is InChI=1S/C20H22N6O2/c1-13-14(2)26(12-21-13)17-6-4-16(5-7-17)23-20(28)15-8-19(27)25(10-15)18-9-22-24(3)11-18/h4-7,9,11-12,15H,8,10H2,1-3H3,(H,23,28). The maximum absolute atomic E-state index is 12.6. The molecule has 3 heterocycles. The van der Waals surface area contributed by atoms with E-state index in [1.807, 2.05) is 42.7 Å². The largest absolute Gasteiger partial charge is 0.326 e. The Balaban J connectivity index is 1.42. The average Bonchev–Trinajstić information content (AvgIpc) is 3.36. The number of aryl methyl sites for hydroxylation is 2. The van der Waals surface area contributed by atoms with Crippen LogP contribution in [0.4, 0.5) is 11.4 Å². The van der Waals surface area contributed by atoms with Gasteiger partial charge in [0.25, 0.3) is 0 Å². The van der Waals surface area contributed by atoms with Crippen LogP contribution >= 0.6 is 0 Å². The summed E-state index contributed by atoms with van der Waals surface area (Å²) in [5.41, 5.74) is 4.47. The highest BCUT2D eigenvalue weighted by atomic mass is 16.2. The number of carbonyl (C=O) groups is 2. The fraction of sp³-hybridized carbons (Fsp3) is 0.300.